The Morgan fingerprint density at radius 3 is 2.72 bits per heavy atom. The van der Waals surface area contributed by atoms with Gasteiger partial charge in [0.2, 0.25) is 5.91 Å². The lowest BCUT2D eigenvalue weighted by molar-refractivity contribution is -0.384. The van der Waals surface area contributed by atoms with Gasteiger partial charge in [0.15, 0.2) is 0 Å². The van der Waals surface area contributed by atoms with Gasteiger partial charge in [0.05, 0.1) is 27.9 Å². The second-order valence-electron chi connectivity index (χ2n) is 5.16. The van der Waals surface area contributed by atoms with Crippen LogP contribution in [-0.4, -0.2) is 26.0 Å². The minimum Gasteiger partial charge on any atom is -0.350 e. The Kier molecular flexibility index (Phi) is 5.20. The zero-order valence-corrected chi connectivity index (χ0v) is 14.5. The number of hydrogen-bond donors (Lipinski definition) is 1. The highest BCUT2D eigenvalue weighted by molar-refractivity contribution is 8.00. The van der Waals surface area contributed by atoms with E-state index in [0.29, 0.717) is 11.6 Å². The van der Waals surface area contributed by atoms with Crippen molar-refractivity contribution in [1.29, 1.82) is 0 Å². The molecule has 2 aromatic heterocycles. The van der Waals surface area contributed by atoms with Gasteiger partial charge in [-0.05, 0) is 24.3 Å². The largest absolute Gasteiger partial charge is 0.350 e. The molecule has 1 aromatic carbocycles. The molecule has 128 valence electrons. The van der Waals surface area contributed by atoms with Crippen molar-refractivity contribution in [1.82, 2.24) is 14.7 Å². The van der Waals surface area contributed by atoms with E-state index in [4.69, 9.17) is 11.6 Å². The summed E-state index contributed by atoms with van der Waals surface area (Å²) in [4.78, 5) is 27.3. The van der Waals surface area contributed by atoms with Crippen molar-refractivity contribution in [2.75, 3.05) is 5.75 Å². The molecule has 0 saturated heterocycles. The van der Waals surface area contributed by atoms with Crippen molar-refractivity contribution in [2.45, 2.75) is 11.4 Å². The number of non-ortho nitro benzene ring substituents is 1. The number of pyridine rings is 1. The number of nitro benzene ring substituents is 1. The lowest BCUT2D eigenvalue weighted by Gasteiger charge is -2.03. The number of rotatable bonds is 6. The van der Waals surface area contributed by atoms with Crippen LogP contribution < -0.4 is 5.32 Å². The van der Waals surface area contributed by atoms with E-state index in [1.807, 2.05) is 6.20 Å². The minimum atomic E-state index is -0.455. The van der Waals surface area contributed by atoms with E-state index >= 15 is 0 Å². The Morgan fingerprint density at radius 2 is 2.00 bits per heavy atom. The number of nitrogens with one attached hydrogen (secondary N) is 1. The minimum absolute atomic E-state index is 0.0285. The molecule has 0 aliphatic rings. The predicted molar refractivity (Wildman–Crippen MR) is 95.9 cm³/mol. The van der Waals surface area contributed by atoms with Crippen molar-refractivity contribution >= 4 is 40.6 Å². The number of imidazole rings is 1. The van der Waals surface area contributed by atoms with Gasteiger partial charge >= 0.3 is 0 Å². The zero-order valence-electron chi connectivity index (χ0n) is 12.9. The first kappa shape index (κ1) is 17.2. The summed E-state index contributed by atoms with van der Waals surface area (Å²) in [6, 6.07) is 9.65. The summed E-state index contributed by atoms with van der Waals surface area (Å²) in [5.74, 6) is 0.0789. The van der Waals surface area contributed by atoms with Crippen LogP contribution in [0.2, 0.25) is 5.02 Å². The van der Waals surface area contributed by atoms with Crippen molar-refractivity contribution in [3.05, 3.63) is 69.6 Å². The van der Waals surface area contributed by atoms with Crippen LogP contribution in [0.5, 0.6) is 0 Å². The monoisotopic (exact) mass is 376 g/mol. The number of nitrogens with zero attached hydrogens (tertiary/aromatic N) is 3. The van der Waals surface area contributed by atoms with E-state index in [1.165, 1.54) is 23.9 Å². The maximum Gasteiger partial charge on any atom is 0.269 e. The Morgan fingerprint density at radius 1 is 1.24 bits per heavy atom. The van der Waals surface area contributed by atoms with E-state index in [9.17, 15) is 14.9 Å². The van der Waals surface area contributed by atoms with Crippen molar-refractivity contribution in [2.24, 2.45) is 0 Å². The zero-order chi connectivity index (χ0) is 17.8. The molecule has 25 heavy (non-hydrogen) atoms. The first-order chi connectivity index (χ1) is 12.0. The summed E-state index contributed by atoms with van der Waals surface area (Å²) in [5, 5.41) is 14.0. The summed E-state index contributed by atoms with van der Waals surface area (Å²) in [6.45, 7) is 0.318. The van der Waals surface area contributed by atoms with Crippen LogP contribution in [0.15, 0.2) is 53.7 Å². The highest BCUT2D eigenvalue weighted by atomic mass is 35.5. The molecule has 1 N–H and O–H groups in total. The third kappa shape index (κ3) is 4.49. The standard InChI is InChI=1S/C16H13ClN4O3S/c17-11-1-6-15-19-12(9-20(15)8-11)7-18-16(22)10-25-14-4-2-13(3-5-14)21(23)24/h1-6,8-9H,7,10H2,(H,18,22). The molecule has 0 aliphatic carbocycles. The topological polar surface area (TPSA) is 89.5 Å². The number of fused-ring (bicyclic) bond motifs is 1. The molecule has 0 spiro atoms. The van der Waals surface area contributed by atoms with Gasteiger partial charge in [0.25, 0.3) is 5.69 Å². The Labute approximate surface area is 152 Å². The molecule has 0 aliphatic heterocycles. The molecule has 0 unspecified atom stereocenters. The molecule has 0 atom stereocenters. The van der Waals surface area contributed by atoms with Gasteiger partial charge in [-0.15, -0.1) is 11.8 Å². The first-order valence-electron chi connectivity index (χ1n) is 7.28. The molecule has 0 saturated carbocycles. The number of aromatic nitrogens is 2. The molecule has 1 amide bonds. The number of hydrogen-bond acceptors (Lipinski definition) is 5. The van der Waals surface area contributed by atoms with Crippen LogP contribution >= 0.6 is 23.4 Å². The third-order valence-corrected chi connectivity index (χ3v) is 4.58. The SMILES string of the molecule is O=C(CSc1ccc([N+](=O)[O-])cc1)NCc1cn2cc(Cl)ccc2n1. The first-order valence-corrected chi connectivity index (χ1v) is 8.65. The quantitative estimate of drug-likeness (QED) is 0.405. The predicted octanol–water partition coefficient (Wildman–Crippen LogP) is 3.30. The molecule has 3 rings (SSSR count). The number of thioether (sulfide) groups is 1. The molecule has 0 radical (unpaired) electrons. The summed E-state index contributed by atoms with van der Waals surface area (Å²) in [7, 11) is 0. The maximum absolute atomic E-state index is 11.9. The Bertz CT molecular complexity index is 927. The van der Waals surface area contributed by atoms with Gasteiger partial charge in [0.1, 0.15) is 5.65 Å². The number of amides is 1. The Balaban J connectivity index is 1.51. The van der Waals surface area contributed by atoms with E-state index in [1.54, 1.807) is 34.9 Å². The molecular formula is C16H13ClN4O3S. The smallest absolute Gasteiger partial charge is 0.269 e. The summed E-state index contributed by atoms with van der Waals surface area (Å²) < 4.78 is 1.80. The van der Waals surface area contributed by atoms with Gasteiger partial charge in [-0.25, -0.2) is 4.98 Å². The van der Waals surface area contributed by atoms with E-state index in [0.717, 1.165) is 16.2 Å². The Hall–Kier alpha value is -2.58. The fourth-order valence-corrected chi connectivity index (χ4v) is 3.05. The number of carbonyl (C=O) groups is 1. The molecule has 2 heterocycles. The van der Waals surface area contributed by atoms with E-state index in [-0.39, 0.29) is 17.3 Å². The lowest BCUT2D eigenvalue weighted by atomic mass is 10.3. The van der Waals surface area contributed by atoms with Gasteiger partial charge < -0.3 is 9.72 Å². The molecule has 0 bridgehead atoms. The fourth-order valence-electron chi connectivity index (χ4n) is 2.16. The molecule has 3 aromatic rings. The van der Waals surface area contributed by atoms with E-state index in [2.05, 4.69) is 10.3 Å². The van der Waals surface area contributed by atoms with E-state index < -0.39 is 4.92 Å². The number of benzene rings is 1. The van der Waals surface area contributed by atoms with Crippen LogP contribution in [0, 0.1) is 10.1 Å². The van der Waals surface area contributed by atoms with Crippen LogP contribution in [-0.2, 0) is 11.3 Å². The van der Waals surface area contributed by atoms with Crippen LogP contribution in [0.3, 0.4) is 0 Å². The number of halogens is 1. The van der Waals surface area contributed by atoms with Gasteiger partial charge in [0, 0.05) is 29.4 Å². The molecule has 9 heteroatoms. The van der Waals surface area contributed by atoms with Crippen LogP contribution in [0.25, 0.3) is 5.65 Å². The lowest BCUT2D eigenvalue weighted by Crippen LogP contribution is -2.24. The second kappa shape index (κ2) is 7.54. The van der Waals surface area contributed by atoms with Crippen molar-refractivity contribution < 1.29 is 9.72 Å². The second-order valence-corrected chi connectivity index (χ2v) is 6.65. The number of nitro groups is 1. The normalized spacial score (nSPS) is 10.8. The summed E-state index contributed by atoms with van der Waals surface area (Å²) in [5.41, 5.74) is 1.52. The average molecular weight is 377 g/mol. The highest BCUT2D eigenvalue weighted by Gasteiger charge is 2.08. The van der Waals surface area contributed by atoms with Gasteiger partial charge in [-0.2, -0.15) is 0 Å². The summed E-state index contributed by atoms with van der Waals surface area (Å²) in [6.07, 6.45) is 3.56. The average Bonchev–Trinajstić information content (AvgIpc) is 3.00. The molecule has 7 nitrogen and oxygen atoms in total. The van der Waals surface area contributed by atoms with Gasteiger partial charge in [-0.1, -0.05) is 11.6 Å². The van der Waals surface area contributed by atoms with Crippen molar-refractivity contribution in [3.8, 4) is 0 Å². The number of carbonyl (C=O) groups excluding carboxylic acids is 1. The molecule has 0 fully saturated rings. The maximum atomic E-state index is 11.9. The van der Waals surface area contributed by atoms with Crippen LogP contribution in [0.4, 0.5) is 5.69 Å². The fraction of sp³-hybridized carbons (Fsp3) is 0.125. The highest BCUT2D eigenvalue weighted by Crippen LogP contribution is 2.21. The third-order valence-electron chi connectivity index (χ3n) is 3.35. The summed E-state index contributed by atoms with van der Waals surface area (Å²) >= 11 is 7.24. The van der Waals surface area contributed by atoms with Gasteiger partial charge in [-0.3, -0.25) is 14.9 Å². The molecular weight excluding hydrogens is 364 g/mol. The van der Waals surface area contributed by atoms with Crippen molar-refractivity contribution in [3.63, 3.8) is 0 Å². The van der Waals surface area contributed by atoms with Crippen LogP contribution in [0.1, 0.15) is 5.69 Å².